The van der Waals surface area contributed by atoms with Crippen LogP contribution in [0.3, 0.4) is 0 Å². The summed E-state index contributed by atoms with van der Waals surface area (Å²) >= 11 is 5.10. The molecule has 2 amide bonds. The van der Waals surface area contributed by atoms with Crippen molar-refractivity contribution in [2.45, 2.75) is 19.5 Å². The zero-order chi connectivity index (χ0) is 17.7. The summed E-state index contributed by atoms with van der Waals surface area (Å²) in [4.78, 5) is 17.3. The summed E-state index contributed by atoms with van der Waals surface area (Å²) in [6.45, 7) is 3.26. The van der Waals surface area contributed by atoms with Crippen molar-refractivity contribution in [3.05, 3.63) is 56.2 Å². The van der Waals surface area contributed by atoms with Crippen LogP contribution in [0.15, 0.2) is 40.2 Å². The third kappa shape index (κ3) is 5.33. The Balaban J connectivity index is 1.93. The molecule has 0 aliphatic carbocycles. The summed E-state index contributed by atoms with van der Waals surface area (Å²) in [7, 11) is 5.88. The standard InChI is InChI=1S/C18H24BrN3OS/c1-13-5-7-14(8-6-13)16(21(2)3)11-20-18(23)22(4)12-15-9-10-17(19)24-15/h5-10,16H,11-12H2,1-4H3,(H,20,23). The summed E-state index contributed by atoms with van der Waals surface area (Å²) in [5.74, 6) is 0. The highest BCUT2D eigenvalue weighted by Crippen LogP contribution is 2.23. The molecule has 0 aliphatic rings. The fourth-order valence-corrected chi connectivity index (χ4v) is 3.99. The second-order valence-corrected chi connectivity index (χ2v) is 8.69. The maximum Gasteiger partial charge on any atom is 0.317 e. The first-order valence-corrected chi connectivity index (χ1v) is 9.44. The average Bonchev–Trinajstić information content (AvgIpc) is 2.93. The Kier molecular flexibility index (Phi) is 6.83. The Hall–Kier alpha value is -1.37. The number of urea groups is 1. The van der Waals surface area contributed by atoms with E-state index in [1.165, 1.54) is 11.1 Å². The molecule has 1 N–H and O–H groups in total. The lowest BCUT2D eigenvalue weighted by atomic mass is 10.0. The molecular weight excluding hydrogens is 386 g/mol. The van der Waals surface area contributed by atoms with Gasteiger partial charge in [0.2, 0.25) is 0 Å². The lowest BCUT2D eigenvalue weighted by molar-refractivity contribution is 0.201. The Morgan fingerprint density at radius 1 is 1.17 bits per heavy atom. The van der Waals surface area contributed by atoms with Gasteiger partial charge in [-0.15, -0.1) is 11.3 Å². The van der Waals surface area contributed by atoms with E-state index in [0.717, 1.165) is 8.66 Å². The second-order valence-electron chi connectivity index (χ2n) is 6.14. The maximum absolute atomic E-state index is 12.4. The fourth-order valence-electron chi connectivity index (χ4n) is 2.45. The van der Waals surface area contributed by atoms with E-state index < -0.39 is 0 Å². The highest BCUT2D eigenvalue weighted by molar-refractivity contribution is 9.11. The van der Waals surface area contributed by atoms with Crippen LogP contribution in [-0.4, -0.2) is 43.5 Å². The Morgan fingerprint density at radius 3 is 2.38 bits per heavy atom. The number of carbonyl (C=O) groups is 1. The highest BCUT2D eigenvalue weighted by Gasteiger charge is 2.17. The molecule has 0 saturated carbocycles. The quantitative estimate of drug-likeness (QED) is 0.773. The molecule has 1 unspecified atom stereocenters. The van der Waals surface area contributed by atoms with Gasteiger partial charge in [-0.1, -0.05) is 29.8 Å². The summed E-state index contributed by atoms with van der Waals surface area (Å²) in [5.41, 5.74) is 2.44. The molecule has 0 radical (unpaired) electrons. The minimum absolute atomic E-state index is 0.0570. The smallest absolute Gasteiger partial charge is 0.317 e. The van der Waals surface area contributed by atoms with Crippen LogP contribution in [0, 0.1) is 6.92 Å². The third-order valence-corrected chi connectivity index (χ3v) is 5.51. The van der Waals surface area contributed by atoms with Gasteiger partial charge < -0.3 is 15.1 Å². The molecule has 6 heteroatoms. The number of aryl methyl sites for hydroxylation is 1. The van der Waals surface area contributed by atoms with Gasteiger partial charge in [-0.3, -0.25) is 0 Å². The normalized spacial score (nSPS) is 12.2. The van der Waals surface area contributed by atoms with Crippen molar-refractivity contribution in [1.29, 1.82) is 0 Å². The third-order valence-electron chi connectivity index (χ3n) is 3.90. The van der Waals surface area contributed by atoms with E-state index in [1.807, 2.05) is 33.3 Å². The zero-order valence-electron chi connectivity index (χ0n) is 14.5. The molecule has 1 aromatic heterocycles. The number of amides is 2. The van der Waals surface area contributed by atoms with Crippen molar-refractivity contribution in [2.24, 2.45) is 0 Å². The number of benzene rings is 1. The molecule has 2 rings (SSSR count). The molecule has 0 saturated heterocycles. The fraction of sp³-hybridized carbons (Fsp3) is 0.389. The van der Waals surface area contributed by atoms with E-state index >= 15 is 0 Å². The van der Waals surface area contributed by atoms with E-state index in [4.69, 9.17) is 0 Å². The first kappa shape index (κ1) is 19.0. The maximum atomic E-state index is 12.4. The van der Waals surface area contributed by atoms with Gasteiger partial charge in [0.25, 0.3) is 0 Å². The first-order valence-electron chi connectivity index (χ1n) is 7.83. The van der Waals surface area contributed by atoms with Crippen LogP contribution in [0.1, 0.15) is 22.0 Å². The topological polar surface area (TPSA) is 35.6 Å². The van der Waals surface area contributed by atoms with Crippen molar-refractivity contribution < 1.29 is 4.79 Å². The molecule has 0 spiro atoms. The predicted molar refractivity (Wildman–Crippen MR) is 104 cm³/mol. The van der Waals surface area contributed by atoms with Crippen LogP contribution >= 0.6 is 27.3 Å². The monoisotopic (exact) mass is 409 g/mol. The number of nitrogens with zero attached hydrogens (tertiary/aromatic N) is 2. The summed E-state index contributed by atoms with van der Waals surface area (Å²) in [5, 5.41) is 3.04. The molecule has 1 heterocycles. The predicted octanol–water partition coefficient (Wildman–Crippen LogP) is 4.26. The number of likely N-dealkylation sites (N-methyl/N-ethyl adjacent to an activating group) is 1. The van der Waals surface area contributed by atoms with Crippen molar-refractivity contribution in [3.8, 4) is 0 Å². The van der Waals surface area contributed by atoms with E-state index in [9.17, 15) is 4.79 Å². The van der Waals surface area contributed by atoms with Gasteiger partial charge in [-0.25, -0.2) is 4.79 Å². The van der Waals surface area contributed by atoms with E-state index in [1.54, 1.807) is 16.2 Å². The van der Waals surface area contributed by atoms with Gasteiger partial charge >= 0.3 is 6.03 Å². The van der Waals surface area contributed by atoms with Crippen molar-refractivity contribution >= 4 is 33.3 Å². The molecule has 0 aliphatic heterocycles. The van der Waals surface area contributed by atoms with Crippen molar-refractivity contribution in [2.75, 3.05) is 27.7 Å². The number of hydrogen-bond donors (Lipinski definition) is 1. The number of halogens is 1. The van der Waals surface area contributed by atoms with Crippen molar-refractivity contribution in [3.63, 3.8) is 0 Å². The van der Waals surface area contributed by atoms with Crippen LogP contribution < -0.4 is 5.32 Å². The van der Waals surface area contributed by atoms with Crippen LogP contribution in [0.5, 0.6) is 0 Å². The lowest BCUT2D eigenvalue weighted by Gasteiger charge is -2.26. The molecule has 0 fully saturated rings. The summed E-state index contributed by atoms with van der Waals surface area (Å²) in [6.07, 6.45) is 0. The first-order chi connectivity index (χ1) is 11.4. The van der Waals surface area contributed by atoms with Gasteiger partial charge in [0.05, 0.1) is 16.4 Å². The highest BCUT2D eigenvalue weighted by atomic mass is 79.9. The van der Waals surface area contributed by atoms with Gasteiger partial charge in [-0.2, -0.15) is 0 Å². The largest absolute Gasteiger partial charge is 0.336 e. The van der Waals surface area contributed by atoms with Gasteiger partial charge in [-0.05, 0) is 54.6 Å². The van der Waals surface area contributed by atoms with E-state index in [0.29, 0.717) is 13.1 Å². The average molecular weight is 410 g/mol. The van der Waals surface area contributed by atoms with Crippen molar-refractivity contribution in [1.82, 2.24) is 15.1 Å². The van der Waals surface area contributed by atoms with E-state index in [2.05, 4.69) is 57.3 Å². The summed E-state index contributed by atoms with van der Waals surface area (Å²) in [6, 6.07) is 12.6. The number of thiophene rings is 1. The Labute approximate surface area is 156 Å². The molecule has 4 nitrogen and oxygen atoms in total. The minimum atomic E-state index is -0.0570. The SMILES string of the molecule is Cc1ccc(C(CNC(=O)N(C)Cc2ccc(Br)s2)N(C)C)cc1. The van der Waals surface area contributed by atoms with Crippen LogP contribution in [-0.2, 0) is 6.54 Å². The molecule has 0 bridgehead atoms. The Morgan fingerprint density at radius 2 is 1.83 bits per heavy atom. The number of nitrogens with one attached hydrogen (secondary N) is 1. The van der Waals surface area contributed by atoms with Crippen LogP contribution in [0.25, 0.3) is 0 Å². The second kappa shape index (κ2) is 8.65. The molecule has 24 heavy (non-hydrogen) atoms. The van der Waals surface area contributed by atoms with Crippen LogP contribution in [0.4, 0.5) is 4.79 Å². The number of carbonyl (C=O) groups excluding carboxylic acids is 1. The number of rotatable bonds is 6. The van der Waals surface area contributed by atoms with E-state index in [-0.39, 0.29) is 12.1 Å². The molecule has 1 aromatic carbocycles. The molecular formula is C18H24BrN3OS. The Bertz CT molecular complexity index is 669. The lowest BCUT2D eigenvalue weighted by Crippen LogP contribution is -2.41. The molecule has 2 aromatic rings. The summed E-state index contributed by atoms with van der Waals surface area (Å²) < 4.78 is 1.08. The minimum Gasteiger partial charge on any atom is -0.336 e. The van der Waals surface area contributed by atoms with Gasteiger partial charge in [0.1, 0.15) is 0 Å². The molecule has 130 valence electrons. The molecule has 1 atom stereocenters. The zero-order valence-corrected chi connectivity index (χ0v) is 16.9. The van der Waals surface area contributed by atoms with Gasteiger partial charge in [0.15, 0.2) is 0 Å². The number of hydrogen-bond acceptors (Lipinski definition) is 3. The van der Waals surface area contributed by atoms with Crippen LogP contribution in [0.2, 0.25) is 0 Å². The van der Waals surface area contributed by atoms with Gasteiger partial charge in [0, 0.05) is 18.5 Å².